The molecule has 0 aromatic heterocycles. The van der Waals surface area contributed by atoms with Crippen LogP contribution in [0.2, 0.25) is 0 Å². The number of nitrogens with one attached hydrogen (secondary N) is 1. The van der Waals surface area contributed by atoms with Crippen LogP contribution >= 0.6 is 0 Å². The number of hydrogen-bond acceptors (Lipinski definition) is 3. The lowest BCUT2D eigenvalue weighted by molar-refractivity contribution is 0.134. The van der Waals surface area contributed by atoms with E-state index in [-0.39, 0.29) is 6.04 Å². The van der Waals surface area contributed by atoms with Gasteiger partial charge < -0.3 is 15.2 Å². The molecule has 3 nitrogen and oxygen atoms in total. The number of ether oxygens (including phenoxy) is 1. The average molecular weight is 209 g/mol. The Bertz CT molecular complexity index is 301. The Morgan fingerprint density at radius 3 is 2.67 bits per heavy atom. The minimum atomic E-state index is -0.541. The third-order valence-corrected chi connectivity index (χ3v) is 2.46. The first-order chi connectivity index (χ1) is 7.20. The first kappa shape index (κ1) is 12.0. The number of benzene rings is 1. The second-order valence-electron chi connectivity index (χ2n) is 3.53. The Morgan fingerprint density at radius 2 is 2.07 bits per heavy atom. The summed E-state index contributed by atoms with van der Waals surface area (Å²) in [6, 6.07) is 7.56. The molecule has 0 aliphatic rings. The zero-order valence-corrected chi connectivity index (χ0v) is 9.53. The highest BCUT2D eigenvalue weighted by molar-refractivity contribution is 5.35. The molecule has 2 unspecified atom stereocenters. The molecule has 84 valence electrons. The van der Waals surface area contributed by atoms with E-state index in [0.29, 0.717) is 0 Å². The molecule has 0 amide bonds. The van der Waals surface area contributed by atoms with Gasteiger partial charge in [-0.05, 0) is 19.5 Å². The van der Waals surface area contributed by atoms with Crippen molar-refractivity contribution in [3.8, 4) is 5.75 Å². The van der Waals surface area contributed by atoms with Crippen LogP contribution in [0, 0.1) is 0 Å². The van der Waals surface area contributed by atoms with Gasteiger partial charge in [-0.3, -0.25) is 0 Å². The summed E-state index contributed by atoms with van der Waals surface area (Å²) in [5.41, 5.74) is 0.827. The van der Waals surface area contributed by atoms with Crippen molar-refractivity contribution in [2.75, 3.05) is 13.7 Å². The third kappa shape index (κ3) is 2.94. The van der Waals surface area contributed by atoms with Crippen LogP contribution in [0.3, 0.4) is 0 Å². The molecule has 0 bridgehead atoms. The number of likely N-dealkylation sites (N-methyl/N-ethyl adjacent to an activating group) is 1. The summed E-state index contributed by atoms with van der Waals surface area (Å²) in [7, 11) is 1.61. The molecule has 1 rings (SSSR count). The summed E-state index contributed by atoms with van der Waals surface area (Å²) in [6.07, 6.45) is -0.541. The normalized spacial score (nSPS) is 14.7. The SMILES string of the molecule is CCNC(C)C(O)c1ccccc1OC. The Kier molecular flexibility index (Phi) is 4.59. The molecule has 0 fully saturated rings. The van der Waals surface area contributed by atoms with Crippen molar-refractivity contribution in [1.82, 2.24) is 5.32 Å². The van der Waals surface area contributed by atoms with E-state index in [1.165, 1.54) is 0 Å². The molecule has 0 spiro atoms. The number of methoxy groups -OCH3 is 1. The van der Waals surface area contributed by atoms with E-state index < -0.39 is 6.10 Å². The highest BCUT2D eigenvalue weighted by Crippen LogP contribution is 2.26. The molecule has 0 aliphatic heterocycles. The number of hydrogen-bond donors (Lipinski definition) is 2. The van der Waals surface area contributed by atoms with Gasteiger partial charge in [0, 0.05) is 11.6 Å². The number of aliphatic hydroxyl groups excluding tert-OH is 1. The second kappa shape index (κ2) is 5.73. The summed E-state index contributed by atoms with van der Waals surface area (Å²) in [4.78, 5) is 0. The van der Waals surface area contributed by atoms with Crippen molar-refractivity contribution in [2.24, 2.45) is 0 Å². The summed E-state index contributed by atoms with van der Waals surface area (Å²) in [5, 5.41) is 13.3. The lowest BCUT2D eigenvalue weighted by Crippen LogP contribution is -2.32. The van der Waals surface area contributed by atoms with E-state index in [4.69, 9.17) is 4.74 Å². The molecule has 3 heteroatoms. The molecule has 2 N–H and O–H groups in total. The maximum absolute atomic E-state index is 10.1. The Morgan fingerprint density at radius 1 is 1.40 bits per heavy atom. The maximum atomic E-state index is 10.1. The van der Waals surface area contributed by atoms with Crippen molar-refractivity contribution in [3.63, 3.8) is 0 Å². The van der Waals surface area contributed by atoms with Gasteiger partial charge in [0.1, 0.15) is 5.75 Å². The van der Waals surface area contributed by atoms with E-state index in [9.17, 15) is 5.11 Å². The summed E-state index contributed by atoms with van der Waals surface area (Å²) < 4.78 is 5.21. The van der Waals surface area contributed by atoms with Gasteiger partial charge in [0.05, 0.1) is 13.2 Å². The van der Waals surface area contributed by atoms with Crippen molar-refractivity contribution in [1.29, 1.82) is 0 Å². The van der Waals surface area contributed by atoms with Gasteiger partial charge in [-0.25, -0.2) is 0 Å². The molecule has 0 radical (unpaired) electrons. The zero-order chi connectivity index (χ0) is 11.3. The van der Waals surface area contributed by atoms with Crippen LogP contribution in [0.15, 0.2) is 24.3 Å². The highest BCUT2D eigenvalue weighted by Gasteiger charge is 2.18. The maximum Gasteiger partial charge on any atom is 0.124 e. The summed E-state index contributed by atoms with van der Waals surface area (Å²) in [6.45, 7) is 4.82. The van der Waals surface area contributed by atoms with Crippen LogP contribution in [0.5, 0.6) is 5.75 Å². The van der Waals surface area contributed by atoms with Gasteiger partial charge in [-0.15, -0.1) is 0 Å². The van der Waals surface area contributed by atoms with Gasteiger partial charge >= 0.3 is 0 Å². The van der Waals surface area contributed by atoms with Crippen LogP contribution in [0.25, 0.3) is 0 Å². The highest BCUT2D eigenvalue weighted by atomic mass is 16.5. The lowest BCUT2D eigenvalue weighted by atomic mass is 10.0. The molecule has 2 atom stereocenters. The third-order valence-electron chi connectivity index (χ3n) is 2.46. The minimum Gasteiger partial charge on any atom is -0.496 e. The van der Waals surface area contributed by atoms with Crippen molar-refractivity contribution in [2.45, 2.75) is 26.0 Å². The molecule has 1 aromatic rings. The quantitative estimate of drug-likeness (QED) is 0.776. The predicted octanol–water partition coefficient (Wildman–Crippen LogP) is 1.73. The van der Waals surface area contributed by atoms with Crippen LogP contribution in [0.4, 0.5) is 0 Å². The Balaban J connectivity index is 2.84. The van der Waals surface area contributed by atoms with Gasteiger partial charge in [0.15, 0.2) is 0 Å². The fraction of sp³-hybridized carbons (Fsp3) is 0.500. The van der Waals surface area contributed by atoms with E-state index in [1.807, 2.05) is 38.1 Å². The largest absolute Gasteiger partial charge is 0.496 e. The van der Waals surface area contributed by atoms with Crippen molar-refractivity contribution >= 4 is 0 Å². The minimum absolute atomic E-state index is 0.0197. The second-order valence-corrected chi connectivity index (χ2v) is 3.53. The topological polar surface area (TPSA) is 41.5 Å². The number of aliphatic hydroxyl groups is 1. The van der Waals surface area contributed by atoms with E-state index >= 15 is 0 Å². The first-order valence-corrected chi connectivity index (χ1v) is 5.25. The number of rotatable bonds is 5. The van der Waals surface area contributed by atoms with Crippen LogP contribution in [-0.2, 0) is 0 Å². The van der Waals surface area contributed by atoms with E-state index in [2.05, 4.69) is 5.32 Å². The fourth-order valence-corrected chi connectivity index (χ4v) is 1.61. The number of para-hydroxylation sites is 1. The summed E-state index contributed by atoms with van der Waals surface area (Å²) >= 11 is 0. The van der Waals surface area contributed by atoms with Gasteiger partial charge in [-0.1, -0.05) is 25.1 Å². The van der Waals surface area contributed by atoms with Crippen LogP contribution < -0.4 is 10.1 Å². The predicted molar refractivity (Wildman–Crippen MR) is 61.1 cm³/mol. The average Bonchev–Trinajstić information content (AvgIpc) is 2.28. The standard InChI is InChI=1S/C12H19NO2/c1-4-13-9(2)12(14)10-7-5-6-8-11(10)15-3/h5-9,12-14H,4H2,1-3H3. The van der Waals surface area contributed by atoms with Gasteiger partial charge in [0.25, 0.3) is 0 Å². The summed E-state index contributed by atoms with van der Waals surface area (Å²) in [5.74, 6) is 0.731. The molecule has 1 aromatic carbocycles. The smallest absolute Gasteiger partial charge is 0.124 e. The van der Waals surface area contributed by atoms with Gasteiger partial charge in [-0.2, -0.15) is 0 Å². The van der Waals surface area contributed by atoms with Crippen LogP contribution in [-0.4, -0.2) is 24.8 Å². The Hall–Kier alpha value is -1.06. The first-order valence-electron chi connectivity index (χ1n) is 5.25. The molecule has 0 saturated heterocycles. The van der Waals surface area contributed by atoms with Crippen molar-refractivity contribution < 1.29 is 9.84 Å². The lowest BCUT2D eigenvalue weighted by Gasteiger charge is -2.21. The van der Waals surface area contributed by atoms with Crippen molar-refractivity contribution in [3.05, 3.63) is 29.8 Å². The van der Waals surface area contributed by atoms with Crippen LogP contribution in [0.1, 0.15) is 25.5 Å². The monoisotopic (exact) mass is 209 g/mol. The van der Waals surface area contributed by atoms with Gasteiger partial charge in [0.2, 0.25) is 0 Å². The molecule has 15 heavy (non-hydrogen) atoms. The molecule has 0 saturated carbocycles. The fourth-order valence-electron chi connectivity index (χ4n) is 1.61. The molecular weight excluding hydrogens is 190 g/mol. The van der Waals surface area contributed by atoms with E-state index in [0.717, 1.165) is 17.9 Å². The van der Waals surface area contributed by atoms with E-state index in [1.54, 1.807) is 7.11 Å². The zero-order valence-electron chi connectivity index (χ0n) is 9.53. The molecular formula is C12H19NO2. The molecule has 0 aliphatic carbocycles. The Labute approximate surface area is 91.1 Å². The molecule has 0 heterocycles.